The van der Waals surface area contributed by atoms with Gasteiger partial charge in [-0.2, -0.15) is 0 Å². The second-order valence-electron chi connectivity index (χ2n) is 8.35. The van der Waals surface area contributed by atoms with E-state index in [1.807, 2.05) is 0 Å². The molecule has 2 aromatic carbocycles. The molecule has 11 heteroatoms. The van der Waals surface area contributed by atoms with Gasteiger partial charge in [0.1, 0.15) is 28.8 Å². The molecular formula is C24H17F4N3O4. The average molecular weight is 487 g/mol. The van der Waals surface area contributed by atoms with Crippen LogP contribution in [0.25, 0.3) is 0 Å². The zero-order valence-electron chi connectivity index (χ0n) is 17.9. The van der Waals surface area contributed by atoms with Crippen molar-refractivity contribution in [3.05, 3.63) is 92.4 Å². The Hall–Kier alpha value is -4.15. The summed E-state index contributed by atoms with van der Waals surface area (Å²) in [6, 6.07) is 4.74. The Kier molecular flexibility index (Phi) is 5.34. The molecule has 2 bridgehead atoms. The van der Waals surface area contributed by atoms with Crippen molar-refractivity contribution in [2.75, 3.05) is 11.4 Å². The second-order valence-corrected chi connectivity index (χ2v) is 8.35. The maximum absolute atomic E-state index is 14.4. The number of carbonyl (C=O) groups excluding carboxylic acids is 2. The molecule has 0 fully saturated rings. The molecule has 0 saturated carbocycles. The number of rotatable bonds is 3. The molecule has 7 nitrogen and oxygen atoms in total. The van der Waals surface area contributed by atoms with Crippen LogP contribution in [0.5, 0.6) is 5.75 Å². The largest absolute Gasteiger partial charge is 0.503 e. The Morgan fingerprint density at radius 2 is 1.80 bits per heavy atom. The van der Waals surface area contributed by atoms with Crippen LogP contribution >= 0.6 is 0 Å². The number of benzene rings is 2. The van der Waals surface area contributed by atoms with Gasteiger partial charge in [-0.15, -0.1) is 0 Å². The molecule has 3 heterocycles. The van der Waals surface area contributed by atoms with Crippen LogP contribution in [0, 0.1) is 23.3 Å². The number of amides is 2. The summed E-state index contributed by atoms with van der Waals surface area (Å²) < 4.78 is 56.6. The highest BCUT2D eigenvalue weighted by Gasteiger charge is 2.39. The van der Waals surface area contributed by atoms with E-state index in [2.05, 4.69) is 5.32 Å². The quantitative estimate of drug-likeness (QED) is 0.556. The molecule has 2 aliphatic rings. The minimum absolute atomic E-state index is 0.123. The minimum atomic E-state index is -1.22. The first kappa shape index (κ1) is 22.6. The maximum atomic E-state index is 14.4. The van der Waals surface area contributed by atoms with Gasteiger partial charge in [-0.3, -0.25) is 14.4 Å². The number of nitrogens with zero attached hydrogens (tertiary/aromatic N) is 2. The molecule has 35 heavy (non-hydrogen) atoms. The molecule has 0 aliphatic carbocycles. The summed E-state index contributed by atoms with van der Waals surface area (Å²) in [5.74, 6) is -6.79. The summed E-state index contributed by atoms with van der Waals surface area (Å²) in [5.41, 5.74) is -1.97. The number of fused-ring (bicyclic) bond motifs is 6. The van der Waals surface area contributed by atoms with E-state index in [1.165, 1.54) is 21.6 Å². The Morgan fingerprint density at radius 3 is 2.51 bits per heavy atom. The topological polar surface area (TPSA) is 91.6 Å². The van der Waals surface area contributed by atoms with E-state index in [0.29, 0.717) is 29.8 Å². The van der Waals surface area contributed by atoms with E-state index in [9.17, 15) is 37.1 Å². The summed E-state index contributed by atoms with van der Waals surface area (Å²) in [5, 5.41) is 12.8. The predicted molar refractivity (Wildman–Crippen MR) is 115 cm³/mol. The number of anilines is 1. The number of nitrogens with one attached hydrogen (secondary N) is 1. The molecular weight excluding hydrogens is 470 g/mol. The second kappa shape index (κ2) is 8.26. The fraction of sp³-hybridized carbons (Fsp3) is 0.208. The van der Waals surface area contributed by atoms with Crippen molar-refractivity contribution in [1.29, 1.82) is 0 Å². The molecule has 3 aromatic rings. The van der Waals surface area contributed by atoms with E-state index in [1.54, 1.807) is 6.07 Å². The number of hydrogen-bond acceptors (Lipinski definition) is 4. The van der Waals surface area contributed by atoms with E-state index in [0.717, 1.165) is 6.20 Å². The zero-order chi connectivity index (χ0) is 25.0. The van der Waals surface area contributed by atoms with Gasteiger partial charge in [0.25, 0.3) is 11.8 Å². The third-order valence-corrected chi connectivity index (χ3v) is 6.33. The normalized spacial score (nSPS) is 16.4. The van der Waals surface area contributed by atoms with Gasteiger partial charge in [-0.25, -0.2) is 17.6 Å². The van der Waals surface area contributed by atoms with Crippen LogP contribution in [-0.2, 0) is 13.0 Å². The van der Waals surface area contributed by atoms with Crippen molar-refractivity contribution in [2.45, 2.75) is 25.4 Å². The van der Waals surface area contributed by atoms with Crippen molar-refractivity contribution in [3.8, 4) is 5.75 Å². The lowest BCUT2D eigenvalue weighted by Gasteiger charge is -2.35. The van der Waals surface area contributed by atoms with Crippen molar-refractivity contribution < 1.29 is 32.3 Å². The molecule has 2 N–H and O–H groups in total. The molecule has 0 radical (unpaired) electrons. The first-order valence-corrected chi connectivity index (χ1v) is 10.7. The van der Waals surface area contributed by atoms with Gasteiger partial charge in [0.05, 0.1) is 11.7 Å². The van der Waals surface area contributed by atoms with Crippen molar-refractivity contribution in [1.82, 2.24) is 9.88 Å². The van der Waals surface area contributed by atoms with Crippen LogP contribution in [0.2, 0.25) is 0 Å². The summed E-state index contributed by atoms with van der Waals surface area (Å²) in [6.07, 6.45) is 1.73. The third-order valence-electron chi connectivity index (χ3n) is 6.33. The SMILES string of the molecule is O=C(NCc1c(F)cc(F)cc1F)c1cn2c(c(O)c1=O)C(=O)N1CC2CCc2c(F)cccc21. The summed E-state index contributed by atoms with van der Waals surface area (Å²) in [4.78, 5) is 40.0. The lowest BCUT2D eigenvalue weighted by Crippen LogP contribution is -2.44. The first-order valence-electron chi connectivity index (χ1n) is 10.7. The summed E-state index contributed by atoms with van der Waals surface area (Å²) in [7, 11) is 0. The number of pyridine rings is 1. The van der Waals surface area contributed by atoms with Gasteiger partial charge >= 0.3 is 0 Å². The highest BCUT2D eigenvalue weighted by Crippen LogP contribution is 2.38. The predicted octanol–water partition coefficient (Wildman–Crippen LogP) is 3.19. The molecule has 0 spiro atoms. The van der Waals surface area contributed by atoms with E-state index < -0.39 is 70.0 Å². The Balaban J connectivity index is 1.51. The van der Waals surface area contributed by atoms with E-state index in [4.69, 9.17) is 0 Å². The average Bonchev–Trinajstić information content (AvgIpc) is 2.98. The highest BCUT2D eigenvalue weighted by molar-refractivity contribution is 6.08. The van der Waals surface area contributed by atoms with Gasteiger partial charge in [0.15, 0.2) is 11.4 Å². The molecule has 180 valence electrons. The molecule has 2 aliphatic heterocycles. The molecule has 5 rings (SSSR count). The maximum Gasteiger partial charge on any atom is 0.279 e. The zero-order valence-corrected chi connectivity index (χ0v) is 17.9. The summed E-state index contributed by atoms with van der Waals surface area (Å²) >= 11 is 0. The minimum Gasteiger partial charge on any atom is -0.503 e. The van der Waals surface area contributed by atoms with Crippen LogP contribution < -0.4 is 15.6 Å². The number of carbonyl (C=O) groups is 2. The van der Waals surface area contributed by atoms with Gasteiger partial charge < -0.3 is 19.9 Å². The van der Waals surface area contributed by atoms with E-state index >= 15 is 0 Å². The summed E-state index contributed by atoms with van der Waals surface area (Å²) in [6.45, 7) is -0.568. The fourth-order valence-corrected chi connectivity index (χ4v) is 4.59. The van der Waals surface area contributed by atoms with E-state index in [-0.39, 0.29) is 18.7 Å². The van der Waals surface area contributed by atoms with Gasteiger partial charge in [-0.1, -0.05) is 6.07 Å². The van der Waals surface area contributed by atoms with Crippen LogP contribution in [0.1, 0.15) is 44.4 Å². The number of aromatic nitrogens is 1. The van der Waals surface area contributed by atoms with Crippen LogP contribution in [0.15, 0.2) is 41.3 Å². The number of halogens is 4. The van der Waals surface area contributed by atoms with Gasteiger partial charge in [0, 0.05) is 42.5 Å². The highest BCUT2D eigenvalue weighted by atomic mass is 19.1. The van der Waals surface area contributed by atoms with Crippen molar-refractivity contribution in [3.63, 3.8) is 0 Å². The third kappa shape index (κ3) is 3.63. The number of hydrogen-bond donors (Lipinski definition) is 2. The standard InChI is InChI=1S/C24H17F4N3O4/c25-11-6-17(27)14(18(28)7-11)8-29-23(34)15-10-30-12-4-5-13-16(26)2-1-3-19(13)31(9-12)24(35)20(30)22(33)21(15)32/h1-3,6-7,10,12,33H,4-5,8-9H2,(H,29,34). The molecule has 1 unspecified atom stereocenters. The Bertz CT molecular complexity index is 1450. The lowest BCUT2D eigenvalue weighted by molar-refractivity contribution is 0.0929. The van der Waals surface area contributed by atoms with Crippen molar-refractivity contribution >= 4 is 17.5 Å². The monoisotopic (exact) mass is 487 g/mol. The molecule has 0 saturated heterocycles. The Labute approximate surface area is 195 Å². The van der Waals surface area contributed by atoms with Crippen LogP contribution in [-0.4, -0.2) is 28.0 Å². The smallest absolute Gasteiger partial charge is 0.279 e. The Morgan fingerprint density at radius 1 is 1.09 bits per heavy atom. The molecule has 1 atom stereocenters. The lowest BCUT2D eigenvalue weighted by atomic mass is 10.0. The fourth-order valence-electron chi connectivity index (χ4n) is 4.59. The van der Waals surface area contributed by atoms with Gasteiger partial charge in [0.2, 0.25) is 5.43 Å². The van der Waals surface area contributed by atoms with Crippen LogP contribution in [0.4, 0.5) is 23.2 Å². The van der Waals surface area contributed by atoms with Crippen molar-refractivity contribution in [2.24, 2.45) is 0 Å². The van der Waals surface area contributed by atoms with Gasteiger partial charge in [-0.05, 0) is 25.0 Å². The first-order chi connectivity index (χ1) is 16.7. The molecule has 1 aromatic heterocycles. The number of aromatic hydroxyl groups is 1. The molecule has 2 amide bonds. The van der Waals surface area contributed by atoms with Crippen LogP contribution in [0.3, 0.4) is 0 Å².